The van der Waals surface area contributed by atoms with E-state index >= 15 is 0 Å². The third-order valence-corrected chi connectivity index (χ3v) is 11.4. The minimum Gasteiger partial charge on any atom is -0.308 e. The molecule has 0 unspecified atom stereocenters. The van der Waals surface area contributed by atoms with E-state index in [0.29, 0.717) is 5.95 Å². The van der Waals surface area contributed by atoms with Gasteiger partial charge in [-0.3, -0.25) is 4.57 Å². The van der Waals surface area contributed by atoms with Crippen LogP contribution in [0, 0.1) is 0 Å². The highest BCUT2D eigenvalue weighted by Crippen LogP contribution is 2.47. The second-order valence-corrected chi connectivity index (χ2v) is 14.0. The zero-order valence-electron chi connectivity index (χ0n) is 27.4. The first kappa shape index (κ1) is 28.3. The lowest BCUT2D eigenvalue weighted by molar-refractivity contribution is 1.02. The smallest absolute Gasteiger partial charge is 0.235 e. The summed E-state index contributed by atoms with van der Waals surface area (Å²) in [4.78, 5) is 10.8. The Balaban J connectivity index is 1.31. The Bertz CT molecular complexity index is 3120. The van der Waals surface area contributed by atoms with Crippen LogP contribution >= 0.6 is 11.3 Å². The van der Waals surface area contributed by atoms with Gasteiger partial charge < -0.3 is 4.57 Å². The predicted molar refractivity (Wildman–Crippen MR) is 214 cm³/mol. The molecule has 0 atom stereocenters. The quantitative estimate of drug-likeness (QED) is 0.187. The van der Waals surface area contributed by atoms with E-state index < -0.39 is 0 Å². The van der Waals surface area contributed by atoms with Crippen molar-refractivity contribution < 1.29 is 0 Å². The second kappa shape index (κ2) is 11.0. The molecule has 0 N–H and O–H groups in total. The van der Waals surface area contributed by atoms with E-state index in [1.165, 1.54) is 47.5 Å². The average molecular weight is 669 g/mol. The maximum atomic E-state index is 5.43. The molecule has 5 heteroatoms. The van der Waals surface area contributed by atoms with Crippen LogP contribution in [0.2, 0.25) is 0 Å². The molecule has 0 bridgehead atoms. The number of thiophene rings is 1. The van der Waals surface area contributed by atoms with Gasteiger partial charge in [0.25, 0.3) is 0 Å². The topological polar surface area (TPSA) is 35.6 Å². The minimum atomic E-state index is 0.666. The van der Waals surface area contributed by atoms with Gasteiger partial charge in [0.15, 0.2) is 0 Å². The molecule has 0 radical (unpaired) electrons. The number of hydrogen-bond donors (Lipinski definition) is 0. The van der Waals surface area contributed by atoms with Crippen molar-refractivity contribution in [1.29, 1.82) is 0 Å². The lowest BCUT2D eigenvalue weighted by atomic mass is 10.0. The molecule has 4 aromatic heterocycles. The van der Waals surface area contributed by atoms with Crippen molar-refractivity contribution in [2.45, 2.75) is 0 Å². The van der Waals surface area contributed by atoms with Crippen LogP contribution in [0.3, 0.4) is 0 Å². The molecule has 0 aliphatic rings. The van der Waals surface area contributed by atoms with Gasteiger partial charge in [0.2, 0.25) is 5.95 Å². The van der Waals surface area contributed by atoms with Gasteiger partial charge in [-0.15, -0.1) is 11.3 Å². The highest BCUT2D eigenvalue weighted by Gasteiger charge is 2.24. The molecule has 11 rings (SSSR count). The fourth-order valence-corrected chi connectivity index (χ4v) is 9.22. The third kappa shape index (κ3) is 4.19. The van der Waals surface area contributed by atoms with Gasteiger partial charge in [-0.05, 0) is 41.5 Å². The van der Waals surface area contributed by atoms with Crippen molar-refractivity contribution in [1.82, 2.24) is 19.1 Å². The van der Waals surface area contributed by atoms with E-state index in [1.807, 2.05) is 11.3 Å². The van der Waals surface area contributed by atoms with Crippen LogP contribution in [0.15, 0.2) is 170 Å². The van der Waals surface area contributed by atoms with Gasteiger partial charge in [0, 0.05) is 38.2 Å². The zero-order chi connectivity index (χ0) is 33.5. The Morgan fingerprint density at radius 2 is 1.00 bits per heavy atom. The standard InChI is InChI=1S/C46H28N4S/c1-4-14-29(15-5-1)31-24-25-33-34-26-27-37-43-44(36-21-11-13-23-39(36)49(43)32-18-8-3-9-19-32)51-45(37)42(34)50(40(33)28-31)46-47-38-22-12-10-20-35(38)41(48-46)30-16-6-2-7-17-30/h1-28H. The Morgan fingerprint density at radius 3 is 1.80 bits per heavy atom. The normalized spacial score (nSPS) is 11.9. The monoisotopic (exact) mass is 668 g/mol. The van der Waals surface area contributed by atoms with Crippen LogP contribution in [0.4, 0.5) is 0 Å². The highest BCUT2D eigenvalue weighted by molar-refractivity contribution is 7.27. The summed E-state index contributed by atoms with van der Waals surface area (Å²) in [6.07, 6.45) is 0. The van der Waals surface area contributed by atoms with Crippen molar-refractivity contribution >= 4 is 75.3 Å². The van der Waals surface area contributed by atoms with Gasteiger partial charge in [0.1, 0.15) is 0 Å². The number of benzene rings is 7. The number of fused-ring (bicyclic) bond motifs is 10. The Morgan fingerprint density at radius 1 is 0.392 bits per heavy atom. The number of para-hydroxylation sites is 3. The van der Waals surface area contributed by atoms with Crippen molar-refractivity contribution in [3.8, 4) is 34.0 Å². The van der Waals surface area contributed by atoms with E-state index in [4.69, 9.17) is 9.97 Å². The van der Waals surface area contributed by atoms with Crippen LogP contribution in [-0.4, -0.2) is 19.1 Å². The molecule has 11 aromatic rings. The minimum absolute atomic E-state index is 0.666. The predicted octanol–water partition coefficient (Wildman–Crippen LogP) is 12.4. The molecular formula is C46H28N4S. The van der Waals surface area contributed by atoms with Gasteiger partial charge in [0.05, 0.1) is 42.7 Å². The maximum Gasteiger partial charge on any atom is 0.235 e. The van der Waals surface area contributed by atoms with Gasteiger partial charge in [-0.2, -0.15) is 0 Å². The first-order valence-electron chi connectivity index (χ1n) is 17.2. The summed E-state index contributed by atoms with van der Waals surface area (Å²) < 4.78 is 7.25. The number of hydrogen-bond acceptors (Lipinski definition) is 3. The molecule has 0 saturated heterocycles. The summed E-state index contributed by atoms with van der Waals surface area (Å²) in [6.45, 7) is 0. The molecule has 7 aromatic carbocycles. The first-order valence-corrected chi connectivity index (χ1v) is 18.0. The number of rotatable bonds is 4. The molecule has 0 amide bonds. The molecule has 0 spiro atoms. The second-order valence-electron chi connectivity index (χ2n) is 13.0. The Kier molecular flexibility index (Phi) is 6.09. The highest BCUT2D eigenvalue weighted by atomic mass is 32.1. The maximum absolute atomic E-state index is 5.43. The molecule has 4 nitrogen and oxygen atoms in total. The van der Waals surface area contributed by atoms with Crippen LogP contribution in [0.5, 0.6) is 0 Å². The van der Waals surface area contributed by atoms with E-state index in [2.05, 4.69) is 179 Å². The Hall–Kier alpha value is -6.56. The van der Waals surface area contributed by atoms with Crippen LogP contribution in [-0.2, 0) is 0 Å². The molecular weight excluding hydrogens is 641 g/mol. The van der Waals surface area contributed by atoms with E-state index in [-0.39, 0.29) is 0 Å². The SMILES string of the molecule is c1ccc(-c2ccc3c4ccc5c(sc6c7ccccc7n(-c7ccccc7)c56)c4n(-c4nc(-c5ccccc5)c5ccccc5n4)c3c2)cc1. The largest absolute Gasteiger partial charge is 0.308 e. The molecule has 238 valence electrons. The molecule has 51 heavy (non-hydrogen) atoms. The summed E-state index contributed by atoms with van der Waals surface area (Å²) in [6, 6.07) is 60.3. The summed E-state index contributed by atoms with van der Waals surface area (Å²) in [5.74, 6) is 0.666. The van der Waals surface area contributed by atoms with Crippen molar-refractivity contribution in [2.75, 3.05) is 0 Å². The lowest BCUT2D eigenvalue weighted by Gasteiger charge is -2.12. The molecule has 0 saturated carbocycles. The zero-order valence-corrected chi connectivity index (χ0v) is 28.2. The molecule has 0 aliphatic carbocycles. The fraction of sp³-hybridized carbons (Fsp3) is 0. The van der Waals surface area contributed by atoms with Crippen molar-refractivity contribution in [2.24, 2.45) is 0 Å². The van der Waals surface area contributed by atoms with Gasteiger partial charge in [-0.1, -0.05) is 140 Å². The number of nitrogens with zero attached hydrogens (tertiary/aromatic N) is 4. The summed E-state index contributed by atoms with van der Waals surface area (Å²) in [5.41, 5.74) is 11.1. The lowest BCUT2D eigenvalue weighted by Crippen LogP contribution is -2.03. The first-order chi connectivity index (χ1) is 25.3. The molecule has 0 fully saturated rings. The van der Waals surface area contributed by atoms with E-state index in [1.54, 1.807) is 0 Å². The summed E-state index contributed by atoms with van der Waals surface area (Å²) in [7, 11) is 0. The van der Waals surface area contributed by atoms with E-state index in [0.717, 1.165) is 44.4 Å². The van der Waals surface area contributed by atoms with Gasteiger partial charge in [-0.25, -0.2) is 9.97 Å². The van der Waals surface area contributed by atoms with Crippen LogP contribution < -0.4 is 0 Å². The van der Waals surface area contributed by atoms with Crippen LogP contribution in [0.25, 0.3) is 97.9 Å². The van der Waals surface area contributed by atoms with Gasteiger partial charge >= 0.3 is 0 Å². The summed E-state index contributed by atoms with van der Waals surface area (Å²) in [5, 5.41) is 5.88. The van der Waals surface area contributed by atoms with E-state index in [9.17, 15) is 0 Å². The van der Waals surface area contributed by atoms with Crippen LogP contribution in [0.1, 0.15) is 0 Å². The molecule has 0 aliphatic heterocycles. The summed E-state index contributed by atoms with van der Waals surface area (Å²) >= 11 is 1.87. The average Bonchev–Trinajstić information content (AvgIpc) is 3.85. The molecule has 4 heterocycles. The van der Waals surface area contributed by atoms with Crippen molar-refractivity contribution in [3.63, 3.8) is 0 Å². The fourth-order valence-electron chi connectivity index (χ4n) is 7.87. The Labute approximate surface area is 297 Å². The number of aromatic nitrogens is 4. The third-order valence-electron chi connectivity index (χ3n) is 10.1. The van der Waals surface area contributed by atoms with Crippen molar-refractivity contribution in [3.05, 3.63) is 170 Å².